The van der Waals surface area contributed by atoms with Gasteiger partial charge in [0.25, 0.3) is 0 Å². The number of rotatable bonds is 6. The molecule has 114 valence electrons. The van der Waals surface area contributed by atoms with Crippen molar-refractivity contribution in [2.75, 3.05) is 14.2 Å². The molecule has 0 heterocycles. The first-order chi connectivity index (χ1) is 8.94. The molecule has 6 nitrogen and oxygen atoms in total. The van der Waals surface area contributed by atoms with Gasteiger partial charge in [0, 0.05) is 0 Å². The summed E-state index contributed by atoms with van der Waals surface area (Å²) in [7, 11) is 2.34. The third-order valence-corrected chi connectivity index (χ3v) is 3.41. The third-order valence-electron chi connectivity index (χ3n) is 3.41. The van der Waals surface area contributed by atoms with Crippen molar-refractivity contribution in [3.05, 3.63) is 0 Å². The number of carbonyl (C=O) groups is 4. The fourth-order valence-electron chi connectivity index (χ4n) is 1.91. The zero-order chi connectivity index (χ0) is 16.3. The second-order valence-electron chi connectivity index (χ2n) is 5.68. The Morgan fingerprint density at radius 3 is 1.20 bits per heavy atom. The van der Waals surface area contributed by atoms with E-state index in [1.165, 1.54) is 48.8 Å². The zero-order valence-corrected chi connectivity index (χ0v) is 13.0. The first-order valence-corrected chi connectivity index (χ1v) is 6.20. The summed E-state index contributed by atoms with van der Waals surface area (Å²) in [5.41, 5.74) is -2.90. The van der Waals surface area contributed by atoms with Gasteiger partial charge < -0.3 is 9.47 Å². The number of carbonyl (C=O) groups excluding carboxylic acids is 4. The summed E-state index contributed by atoms with van der Waals surface area (Å²) in [6.45, 7) is 6.92. The SMILES string of the molecule is COC(=O)C(C)(C)C(=O)C(C)C(=O)C(C)(C)C(=O)OC. The lowest BCUT2D eigenvalue weighted by molar-refractivity contribution is -0.160. The van der Waals surface area contributed by atoms with Gasteiger partial charge in [0.1, 0.15) is 10.8 Å². The first kappa shape index (κ1) is 18.3. The molecule has 0 radical (unpaired) electrons. The van der Waals surface area contributed by atoms with Gasteiger partial charge >= 0.3 is 11.9 Å². The molecule has 0 bridgehead atoms. The Labute approximate surface area is 118 Å². The van der Waals surface area contributed by atoms with E-state index >= 15 is 0 Å². The van der Waals surface area contributed by atoms with Gasteiger partial charge in [-0.1, -0.05) is 0 Å². The molecule has 0 aromatic heterocycles. The highest BCUT2D eigenvalue weighted by atomic mass is 16.5. The molecule has 0 aliphatic rings. The number of ketones is 2. The van der Waals surface area contributed by atoms with Crippen LogP contribution in [0.25, 0.3) is 0 Å². The number of hydrogen-bond donors (Lipinski definition) is 0. The minimum atomic E-state index is -1.45. The number of Topliss-reactive ketones (excluding diaryl/α,β-unsaturated/α-hetero) is 2. The smallest absolute Gasteiger partial charge is 0.318 e. The van der Waals surface area contributed by atoms with Gasteiger partial charge in [0.15, 0.2) is 11.6 Å². The van der Waals surface area contributed by atoms with Crippen LogP contribution in [0.5, 0.6) is 0 Å². The maximum atomic E-state index is 12.3. The Bertz CT molecular complexity index is 393. The minimum absolute atomic E-state index is 0.591. The molecule has 0 rings (SSSR count). The molecule has 0 N–H and O–H groups in total. The molecule has 20 heavy (non-hydrogen) atoms. The van der Waals surface area contributed by atoms with Crippen molar-refractivity contribution in [1.82, 2.24) is 0 Å². The van der Waals surface area contributed by atoms with Crippen LogP contribution < -0.4 is 0 Å². The van der Waals surface area contributed by atoms with Crippen LogP contribution in [0, 0.1) is 16.7 Å². The summed E-state index contributed by atoms with van der Waals surface area (Å²) in [4.78, 5) is 47.8. The van der Waals surface area contributed by atoms with Crippen molar-refractivity contribution in [3.63, 3.8) is 0 Å². The second-order valence-corrected chi connectivity index (χ2v) is 5.68. The van der Waals surface area contributed by atoms with Crippen molar-refractivity contribution in [3.8, 4) is 0 Å². The Balaban J connectivity index is 5.33. The van der Waals surface area contributed by atoms with Crippen LogP contribution >= 0.6 is 0 Å². The molecule has 0 aliphatic heterocycles. The summed E-state index contributed by atoms with van der Waals surface area (Å²) in [5.74, 6) is -3.74. The van der Waals surface area contributed by atoms with Crippen LogP contribution in [0.2, 0.25) is 0 Å². The van der Waals surface area contributed by atoms with Gasteiger partial charge in [0.05, 0.1) is 20.1 Å². The maximum Gasteiger partial charge on any atom is 0.318 e. The molecule has 0 spiro atoms. The highest BCUT2D eigenvalue weighted by Gasteiger charge is 2.47. The predicted molar refractivity (Wildman–Crippen MR) is 70.8 cm³/mol. The first-order valence-electron chi connectivity index (χ1n) is 6.20. The lowest BCUT2D eigenvalue weighted by Crippen LogP contribution is -2.46. The minimum Gasteiger partial charge on any atom is -0.468 e. The van der Waals surface area contributed by atoms with E-state index in [4.69, 9.17) is 0 Å². The van der Waals surface area contributed by atoms with Crippen molar-refractivity contribution < 1.29 is 28.7 Å². The number of hydrogen-bond acceptors (Lipinski definition) is 6. The van der Waals surface area contributed by atoms with Crippen molar-refractivity contribution in [1.29, 1.82) is 0 Å². The third kappa shape index (κ3) is 3.23. The summed E-state index contributed by atoms with van der Waals surface area (Å²) in [5, 5.41) is 0. The molecular formula is C14H22O6. The average molecular weight is 286 g/mol. The molecular weight excluding hydrogens is 264 g/mol. The fourth-order valence-corrected chi connectivity index (χ4v) is 1.91. The van der Waals surface area contributed by atoms with Gasteiger partial charge in [-0.2, -0.15) is 0 Å². The number of esters is 2. The Morgan fingerprint density at radius 1 is 0.750 bits per heavy atom. The zero-order valence-electron chi connectivity index (χ0n) is 13.0. The summed E-state index contributed by atoms with van der Waals surface area (Å²) in [6.07, 6.45) is 0. The van der Waals surface area contributed by atoms with Gasteiger partial charge in [0.2, 0.25) is 0 Å². The predicted octanol–water partition coefficient (Wildman–Crippen LogP) is 1.16. The van der Waals surface area contributed by atoms with E-state index in [2.05, 4.69) is 9.47 Å². The number of ether oxygens (including phenoxy) is 2. The van der Waals surface area contributed by atoms with Crippen LogP contribution in [0.4, 0.5) is 0 Å². The molecule has 0 aliphatic carbocycles. The molecule has 0 amide bonds. The number of methoxy groups -OCH3 is 2. The summed E-state index contributed by atoms with van der Waals surface area (Å²) >= 11 is 0. The molecule has 0 atom stereocenters. The monoisotopic (exact) mass is 286 g/mol. The van der Waals surface area contributed by atoms with Crippen LogP contribution in [-0.2, 0) is 28.7 Å². The van der Waals surface area contributed by atoms with Crippen LogP contribution in [-0.4, -0.2) is 37.7 Å². The maximum absolute atomic E-state index is 12.3. The lowest BCUT2D eigenvalue weighted by atomic mass is 9.74. The van der Waals surface area contributed by atoms with Crippen molar-refractivity contribution >= 4 is 23.5 Å². The van der Waals surface area contributed by atoms with Crippen molar-refractivity contribution in [2.24, 2.45) is 16.7 Å². The van der Waals surface area contributed by atoms with E-state index in [0.717, 1.165) is 0 Å². The van der Waals surface area contributed by atoms with Crippen LogP contribution in [0.15, 0.2) is 0 Å². The molecule has 0 fully saturated rings. The van der Waals surface area contributed by atoms with Gasteiger partial charge in [-0.05, 0) is 34.6 Å². The molecule has 0 saturated carbocycles. The standard InChI is InChI=1S/C14H22O6/c1-8(9(15)13(2,3)11(17)19-6)10(16)14(4,5)12(18)20-7/h8H,1-7H3. The fraction of sp³-hybridized carbons (Fsp3) is 0.714. The van der Waals surface area contributed by atoms with Crippen LogP contribution in [0.1, 0.15) is 34.6 Å². The molecule has 6 heteroatoms. The van der Waals surface area contributed by atoms with E-state index in [1.807, 2.05) is 0 Å². The van der Waals surface area contributed by atoms with E-state index in [9.17, 15) is 19.2 Å². The topological polar surface area (TPSA) is 86.7 Å². The average Bonchev–Trinajstić information content (AvgIpc) is 2.42. The van der Waals surface area contributed by atoms with Crippen LogP contribution in [0.3, 0.4) is 0 Å². The lowest BCUT2D eigenvalue weighted by Gasteiger charge is -2.27. The normalized spacial score (nSPS) is 12.0. The molecule has 0 aromatic carbocycles. The second kappa shape index (κ2) is 6.15. The summed E-state index contributed by atoms with van der Waals surface area (Å²) in [6, 6.07) is 0. The van der Waals surface area contributed by atoms with E-state index in [1.54, 1.807) is 0 Å². The van der Waals surface area contributed by atoms with E-state index in [0.29, 0.717) is 0 Å². The molecule has 0 unspecified atom stereocenters. The van der Waals surface area contributed by atoms with Gasteiger partial charge in [-0.25, -0.2) is 0 Å². The van der Waals surface area contributed by atoms with E-state index in [-0.39, 0.29) is 0 Å². The largest absolute Gasteiger partial charge is 0.468 e. The van der Waals surface area contributed by atoms with Gasteiger partial charge in [-0.15, -0.1) is 0 Å². The highest BCUT2D eigenvalue weighted by molar-refractivity contribution is 6.17. The quantitative estimate of drug-likeness (QED) is 0.538. The Morgan fingerprint density at radius 2 is 1.00 bits per heavy atom. The van der Waals surface area contributed by atoms with E-state index < -0.39 is 40.3 Å². The Kier molecular flexibility index (Phi) is 5.62. The van der Waals surface area contributed by atoms with Crippen molar-refractivity contribution in [2.45, 2.75) is 34.6 Å². The molecule has 0 aromatic rings. The molecule has 0 saturated heterocycles. The summed E-state index contributed by atoms with van der Waals surface area (Å²) < 4.78 is 9.12. The Hall–Kier alpha value is -1.72. The highest BCUT2D eigenvalue weighted by Crippen LogP contribution is 2.29. The van der Waals surface area contributed by atoms with Gasteiger partial charge in [-0.3, -0.25) is 19.2 Å².